The summed E-state index contributed by atoms with van der Waals surface area (Å²) in [6.07, 6.45) is 0.885. The Morgan fingerprint density at radius 2 is 1.85 bits per heavy atom. The zero-order chi connectivity index (χ0) is 17.7. The lowest BCUT2D eigenvalue weighted by atomic mass is 9.98. The molecular weight excluding hydrogens is 326 g/mol. The minimum absolute atomic E-state index is 0.0145. The Labute approximate surface area is 151 Å². The molecule has 1 amide bonds. The van der Waals surface area contributed by atoms with Gasteiger partial charge in [0.25, 0.3) is 5.91 Å². The predicted octanol–water partition coefficient (Wildman–Crippen LogP) is 3.18. The highest BCUT2D eigenvalue weighted by atomic mass is 16.5. The molecule has 1 aromatic heterocycles. The van der Waals surface area contributed by atoms with E-state index >= 15 is 0 Å². The molecule has 0 radical (unpaired) electrons. The first-order valence-corrected chi connectivity index (χ1v) is 8.86. The van der Waals surface area contributed by atoms with Gasteiger partial charge in [-0.15, -0.1) is 0 Å². The van der Waals surface area contributed by atoms with Crippen LogP contribution in [0.1, 0.15) is 27.2 Å². The van der Waals surface area contributed by atoms with Crippen LogP contribution in [0.15, 0.2) is 48.5 Å². The third-order valence-electron chi connectivity index (χ3n) is 5.28. The SMILES string of the molecule is Cn1nc(C(=O)N2CCc3ccccc3C2)c2c1-c1ccccc1OC2. The average molecular weight is 345 g/mol. The van der Waals surface area contributed by atoms with Crippen molar-refractivity contribution in [2.45, 2.75) is 19.6 Å². The first-order valence-electron chi connectivity index (χ1n) is 8.86. The maximum atomic E-state index is 13.2. The normalized spacial score (nSPS) is 14.9. The summed E-state index contributed by atoms with van der Waals surface area (Å²) < 4.78 is 7.68. The van der Waals surface area contributed by atoms with E-state index in [9.17, 15) is 4.79 Å². The molecule has 3 aromatic rings. The van der Waals surface area contributed by atoms with Crippen LogP contribution >= 0.6 is 0 Å². The van der Waals surface area contributed by atoms with Crippen molar-refractivity contribution in [2.75, 3.05) is 6.54 Å². The molecule has 5 nitrogen and oxygen atoms in total. The Morgan fingerprint density at radius 1 is 1.08 bits per heavy atom. The fraction of sp³-hybridized carbons (Fsp3) is 0.238. The van der Waals surface area contributed by atoms with Crippen molar-refractivity contribution < 1.29 is 9.53 Å². The van der Waals surface area contributed by atoms with Gasteiger partial charge in [0, 0.05) is 31.3 Å². The summed E-state index contributed by atoms with van der Waals surface area (Å²) in [5.41, 5.74) is 5.92. The number of para-hydroxylation sites is 1. The highest BCUT2D eigenvalue weighted by molar-refractivity contribution is 5.96. The quantitative estimate of drug-likeness (QED) is 0.681. The van der Waals surface area contributed by atoms with Crippen molar-refractivity contribution in [3.63, 3.8) is 0 Å². The molecular formula is C21H19N3O2. The summed E-state index contributed by atoms with van der Waals surface area (Å²) in [4.78, 5) is 15.1. The Bertz CT molecular complexity index is 1020. The van der Waals surface area contributed by atoms with Gasteiger partial charge >= 0.3 is 0 Å². The number of amides is 1. The van der Waals surface area contributed by atoms with Gasteiger partial charge in [0.15, 0.2) is 5.69 Å². The van der Waals surface area contributed by atoms with E-state index in [0.717, 1.165) is 35.5 Å². The molecule has 0 bridgehead atoms. The fourth-order valence-electron chi connectivity index (χ4n) is 3.97. The molecule has 0 unspecified atom stereocenters. The van der Waals surface area contributed by atoms with Crippen molar-refractivity contribution in [1.82, 2.24) is 14.7 Å². The van der Waals surface area contributed by atoms with Crippen LogP contribution in [0.3, 0.4) is 0 Å². The second kappa shape index (κ2) is 5.73. The smallest absolute Gasteiger partial charge is 0.275 e. The Balaban J connectivity index is 1.52. The van der Waals surface area contributed by atoms with Crippen molar-refractivity contribution in [3.8, 4) is 17.0 Å². The largest absolute Gasteiger partial charge is 0.488 e. The van der Waals surface area contributed by atoms with Gasteiger partial charge < -0.3 is 9.64 Å². The van der Waals surface area contributed by atoms with Crippen molar-refractivity contribution in [1.29, 1.82) is 0 Å². The molecule has 5 heteroatoms. The van der Waals surface area contributed by atoms with Crippen LogP contribution in [0, 0.1) is 0 Å². The van der Waals surface area contributed by atoms with E-state index in [1.54, 1.807) is 0 Å². The monoisotopic (exact) mass is 345 g/mol. The maximum absolute atomic E-state index is 13.2. The zero-order valence-electron chi connectivity index (χ0n) is 14.6. The number of hydrogen-bond donors (Lipinski definition) is 0. The van der Waals surface area contributed by atoms with Gasteiger partial charge in [-0.3, -0.25) is 9.48 Å². The Morgan fingerprint density at radius 3 is 2.73 bits per heavy atom. The molecule has 130 valence electrons. The number of carbonyl (C=O) groups is 1. The minimum Gasteiger partial charge on any atom is -0.488 e. The second-order valence-electron chi connectivity index (χ2n) is 6.83. The van der Waals surface area contributed by atoms with Crippen LogP contribution in [0.2, 0.25) is 0 Å². The lowest BCUT2D eigenvalue weighted by molar-refractivity contribution is 0.0725. The van der Waals surface area contributed by atoms with Crippen LogP contribution in [0.4, 0.5) is 0 Å². The first kappa shape index (κ1) is 15.2. The highest BCUT2D eigenvalue weighted by Gasteiger charge is 2.31. The molecule has 0 saturated heterocycles. The van der Waals surface area contributed by atoms with Crippen LogP contribution < -0.4 is 4.74 Å². The zero-order valence-corrected chi connectivity index (χ0v) is 14.6. The number of aryl methyl sites for hydroxylation is 1. The van der Waals surface area contributed by atoms with E-state index in [-0.39, 0.29) is 5.91 Å². The van der Waals surface area contributed by atoms with Crippen molar-refractivity contribution in [2.24, 2.45) is 7.05 Å². The number of ether oxygens (including phenoxy) is 1. The van der Waals surface area contributed by atoms with E-state index in [1.165, 1.54) is 11.1 Å². The number of carbonyl (C=O) groups excluding carboxylic acids is 1. The van der Waals surface area contributed by atoms with Crippen LogP contribution in [-0.4, -0.2) is 27.1 Å². The van der Waals surface area contributed by atoms with Gasteiger partial charge in [-0.2, -0.15) is 5.10 Å². The molecule has 2 aliphatic rings. The summed E-state index contributed by atoms with van der Waals surface area (Å²) in [7, 11) is 1.89. The first-order chi connectivity index (χ1) is 12.7. The Kier molecular flexibility index (Phi) is 3.35. The van der Waals surface area contributed by atoms with Gasteiger partial charge in [0.1, 0.15) is 12.4 Å². The number of benzene rings is 2. The highest BCUT2D eigenvalue weighted by Crippen LogP contribution is 2.38. The molecule has 5 rings (SSSR count). The van der Waals surface area contributed by atoms with E-state index in [2.05, 4.69) is 23.3 Å². The van der Waals surface area contributed by atoms with Crippen molar-refractivity contribution >= 4 is 5.91 Å². The van der Waals surface area contributed by atoms with Gasteiger partial charge in [-0.25, -0.2) is 0 Å². The molecule has 0 aliphatic carbocycles. The van der Waals surface area contributed by atoms with E-state index < -0.39 is 0 Å². The van der Waals surface area contributed by atoms with Gasteiger partial charge in [0.2, 0.25) is 0 Å². The summed E-state index contributed by atoms with van der Waals surface area (Å²) in [5.74, 6) is 0.827. The van der Waals surface area contributed by atoms with E-state index in [0.29, 0.717) is 18.8 Å². The van der Waals surface area contributed by atoms with Crippen LogP contribution in [-0.2, 0) is 26.6 Å². The molecule has 0 spiro atoms. The van der Waals surface area contributed by atoms with Gasteiger partial charge in [-0.1, -0.05) is 36.4 Å². The molecule has 0 atom stereocenters. The molecule has 3 heterocycles. The lowest BCUT2D eigenvalue weighted by Crippen LogP contribution is -2.36. The fourth-order valence-corrected chi connectivity index (χ4v) is 3.97. The molecule has 0 fully saturated rings. The molecule has 0 saturated carbocycles. The summed E-state index contributed by atoms with van der Waals surface area (Å²) in [6.45, 7) is 1.74. The Hall–Kier alpha value is -3.08. The molecule has 0 N–H and O–H groups in total. The number of nitrogens with zero attached hydrogens (tertiary/aromatic N) is 3. The topological polar surface area (TPSA) is 47.4 Å². The van der Waals surface area contributed by atoms with Crippen molar-refractivity contribution in [3.05, 3.63) is 70.9 Å². The van der Waals surface area contributed by atoms with Crippen LogP contribution in [0.5, 0.6) is 5.75 Å². The predicted molar refractivity (Wildman–Crippen MR) is 97.9 cm³/mol. The maximum Gasteiger partial charge on any atom is 0.275 e. The molecule has 2 aromatic carbocycles. The lowest BCUT2D eigenvalue weighted by Gasteiger charge is -2.28. The summed E-state index contributed by atoms with van der Waals surface area (Å²) in [5, 5.41) is 4.57. The number of hydrogen-bond acceptors (Lipinski definition) is 3. The minimum atomic E-state index is -0.0145. The summed E-state index contributed by atoms with van der Waals surface area (Å²) in [6, 6.07) is 16.2. The van der Waals surface area contributed by atoms with Crippen LogP contribution in [0.25, 0.3) is 11.3 Å². The standard InChI is InChI=1S/C21H19N3O2/c1-23-20-16-8-4-5-9-18(16)26-13-17(20)19(22-23)21(25)24-11-10-14-6-2-3-7-15(14)12-24/h2-9H,10-13H2,1H3. The van der Waals surface area contributed by atoms with E-state index in [4.69, 9.17) is 4.74 Å². The van der Waals surface area contributed by atoms with Gasteiger partial charge in [-0.05, 0) is 29.7 Å². The number of rotatable bonds is 1. The number of aromatic nitrogens is 2. The third kappa shape index (κ3) is 2.24. The van der Waals surface area contributed by atoms with Gasteiger partial charge in [0.05, 0.1) is 5.69 Å². The van der Waals surface area contributed by atoms with E-state index in [1.807, 2.05) is 47.0 Å². The molecule has 26 heavy (non-hydrogen) atoms. The third-order valence-corrected chi connectivity index (χ3v) is 5.28. The number of fused-ring (bicyclic) bond motifs is 4. The molecule has 2 aliphatic heterocycles. The average Bonchev–Trinajstić information content (AvgIpc) is 3.04. The summed E-state index contributed by atoms with van der Waals surface area (Å²) >= 11 is 0. The second-order valence-corrected chi connectivity index (χ2v) is 6.83.